The van der Waals surface area contributed by atoms with Crippen molar-refractivity contribution >= 4 is 17.6 Å². The number of rotatable bonds is 6. The largest absolute Gasteiger partial charge is 0.426 e. The Labute approximate surface area is 181 Å². The van der Waals surface area contributed by atoms with Gasteiger partial charge in [0, 0.05) is 17.1 Å². The summed E-state index contributed by atoms with van der Waals surface area (Å²) in [4.78, 5) is 21.9. The van der Waals surface area contributed by atoms with Crippen molar-refractivity contribution < 1.29 is 9.53 Å². The quantitative estimate of drug-likeness (QED) is 0.333. The van der Waals surface area contributed by atoms with Crippen molar-refractivity contribution in [3.63, 3.8) is 0 Å². The molecule has 1 N–H and O–H groups in total. The van der Waals surface area contributed by atoms with Gasteiger partial charge >= 0.3 is 5.97 Å². The smallest absolute Gasteiger partial charge is 0.323 e. The van der Waals surface area contributed by atoms with E-state index >= 15 is 0 Å². The van der Waals surface area contributed by atoms with E-state index in [1.807, 2.05) is 92.7 Å². The molecule has 5 heteroatoms. The molecule has 0 aliphatic rings. The lowest BCUT2D eigenvalue weighted by Crippen LogP contribution is -2.20. The van der Waals surface area contributed by atoms with Crippen LogP contribution in [0.2, 0.25) is 0 Å². The second-order valence-corrected chi connectivity index (χ2v) is 7.30. The van der Waals surface area contributed by atoms with Crippen LogP contribution >= 0.6 is 0 Å². The number of anilines is 2. The van der Waals surface area contributed by atoms with E-state index in [9.17, 15) is 4.79 Å². The van der Waals surface area contributed by atoms with Crippen LogP contribution in [-0.4, -0.2) is 15.9 Å². The second kappa shape index (κ2) is 9.22. The zero-order chi connectivity index (χ0) is 21.6. The van der Waals surface area contributed by atoms with Gasteiger partial charge in [-0.25, -0.2) is 9.97 Å². The molecule has 0 unspecified atom stereocenters. The number of ether oxygens (including phenoxy) is 1. The maximum absolute atomic E-state index is 13.1. The van der Waals surface area contributed by atoms with Crippen LogP contribution in [0.15, 0.2) is 91.0 Å². The van der Waals surface area contributed by atoms with Crippen molar-refractivity contribution in [3.8, 4) is 5.75 Å². The monoisotopic (exact) mass is 409 g/mol. The van der Waals surface area contributed by atoms with E-state index in [1.54, 1.807) is 12.1 Å². The SMILES string of the molecule is Cc1cc(C)nc(Nc2ccc(OC(=O)C(c3ccccc3)c3ccccc3)cc2)n1. The molecule has 0 spiro atoms. The van der Waals surface area contributed by atoms with Crippen molar-refractivity contribution in [2.75, 3.05) is 5.32 Å². The van der Waals surface area contributed by atoms with Gasteiger partial charge in [-0.2, -0.15) is 0 Å². The van der Waals surface area contributed by atoms with Crippen LogP contribution in [0.1, 0.15) is 28.4 Å². The summed E-state index contributed by atoms with van der Waals surface area (Å²) in [7, 11) is 0. The number of nitrogens with zero attached hydrogens (tertiary/aromatic N) is 2. The summed E-state index contributed by atoms with van der Waals surface area (Å²) >= 11 is 0. The highest BCUT2D eigenvalue weighted by Crippen LogP contribution is 2.27. The van der Waals surface area contributed by atoms with Crippen LogP contribution in [0.25, 0.3) is 0 Å². The van der Waals surface area contributed by atoms with E-state index in [2.05, 4.69) is 15.3 Å². The minimum absolute atomic E-state index is 0.323. The molecule has 0 bridgehead atoms. The maximum Gasteiger partial charge on any atom is 0.323 e. The number of hydrogen-bond acceptors (Lipinski definition) is 5. The molecule has 3 aromatic carbocycles. The fraction of sp³-hybridized carbons (Fsp3) is 0.115. The fourth-order valence-corrected chi connectivity index (χ4v) is 3.45. The predicted octanol–water partition coefficient (Wildman–Crippen LogP) is 5.57. The number of nitrogens with one attached hydrogen (secondary N) is 1. The van der Waals surface area contributed by atoms with Crippen molar-refractivity contribution in [3.05, 3.63) is 114 Å². The molecule has 0 aliphatic heterocycles. The van der Waals surface area contributed by atoms with Gasteiger partial charge in [-0.1, -0.05) is 60.7 Å². The van der Waals surface area contributed by atoms with E-state index in [0.717, 1.165) is 28.2 Å². The van der Waals surface area contributed by atoms with Gasteiger partial charge in [0.2, 0.25) is 5.95 Å². The third-order valence-corrected chi connectivity index (χ3v) is 4.81. The van der Waals surface area contributed by atoms with Gasteiger partial charge in [-0.05, 0) is 55.3 Å². The van der Waals surface area contributed by atoms with Crippen LogP contribution in [0.5, 0.6) is 5.75 Å². The molecular weight excluding hydrogens is 386 g/mol. The second-order valence-electron chi connectivity index (χ2n) is 7.30. The highest BCUT2D eigenvalue weighted by molar-refractivity contribution is 5.84. The molecule has 4 aromatic rings. The molecule has 0 atom stereocenters. The van der Waals surface area contributed by atoms with E-state index in [-0.39, 0.29) is 5.97 Å². The first kappa shape index (κ1) is 20.3. The van der Waals surface area contributed by atoms with Gasteiger partial charge in [-0.15, -0.1) is 0 Å². The Hall–Kier alpha value is -3.99. The van der Waals surface area contributed by atoms with E-state index in [4.69, 9.17) is 4.74 Å². The third-order valence-electron chi connectivity index (χ3n) is 4.81. The summed E-state index contributed by atoms with van der Waals surface area (Å²) in [6.45, 7) is 3.86. The Morgan fingerprint density at radius 3 is 1.81 bits per heavy atom. The normalized spacial score (nSPS) is 10.7. The number of carbonyl (C=O) groups is 1. The molecule has 0 saturated heterocycles. The summed E-state index contributed by atoms with van der Waals surface area (Å²) in [6.07, 6.45) is 0. The number of aryl methyl sites for hydroxylation is 2. The molecule has 1 heterocycles. The first-order chi connectivity index (χ1) is 15.1. The summed E-state index contributed by atoms with van der Waals surface area (Å²) < 4.78 is 5.73. The van der Waals surface area contributed by atoms with Gasteiger partial charge < -0.3 is 10.1 Å². The molecule has 0 fully saturated rings. The van der Waals surface area contributed by atoms with Crippen LogP contribution in [0.4, 0.5) is 11.6 Å². The van der Waals surface area contributed by atoms with Gasteiger partial charge in [0.1, 0.15) is 11.7 Å². The van der Waals surface area contributed by atoms with Gasteiger partial charge in [-0.3, -0.25) is 4.79 Å². The Morgan fingerprint density at radius 2 is 1.29 bits per heavy atom. The zero-order valence-electron chi connectivity index (χ0n) is 17.4. The van der Waals surface area contributed by atoms with Gasteiger partial charge in [0.15, 0.2) is 0 Å². The van der Waals surface area contributed by atoms with Gasteiger partial charge in [0.05, 0.1) is 0 Å². The van der Waals surface area contributed by atoms with Gasteiger partial charge in [0.25, 0.3) is 0 Å². The Kier molecular flexibility index (Phi) is 6.03. The lowest BCUT2D eigenvalue weighted by Gasteiger charge is -2.17. The van der Waals surface area contributed by atoms with Crippen molar-refractivity contribution in [2.45, 2.75) is 19.8 Å². The summed E-state index contributed by atoms with van der Waals surface area (Å²) in [5.74, 6) is 0.198. The minimum Gasteiger partial charge on any atom is -0.426 e. The highest BCUT2D eigenvalue weighted by atomic mass is 16.5. The minimum atomic E-state index is -0.496. The number of carbonyl (C=O) groups excluding carboxylic acids is 1. The lowest BCUT2D eigenvalue weighted by molar-refractivity contribution is -0.135. The Bertz CT molecular complexity index is 1100. The van der Waals surface area contributed by atoms with E-state index < -0.39 is 5.92 Å². The van der Waals surface area contributed by atoms with Crippen LogP contribution < -0.4 is 10.1 Å². The van der Waals surface area contributed by atoms with Crippen molar-refractivity contribution in [1.82, 2.24) is 9.97 Å². The molecule has 154 valence electrons. The van der Waals surface area contributed by atoms with E-state index in [1.165, 1.54) is 0 Å². The average Bonchev–Trinajstić information content (AvgIpc) is 2.76. The number of aromatic nitrogens is 2. The molecule has 0 radical (unpaired) electrons. The molecule has 1 aromatic heterocycles. The summed E-state index contributed by atoms with van der Waals surface area (Å²) in [6, 6.07) is 28.4. The van der Waals surface area contributed by atoms with Crippen LogP contribution in [-0.2, 0) is 4.79 Å². The molecule has 0 saturated carbocycles. The molecule has 4 rings (SSSR count). The Morgan fingerprint density at radius 1 is 0.774 bits per heavy atom. The molecule has 0 amide bonds. The molecular formula is C26H23N3O2. The van der Waals surface area contributed by atoms with Crippen molar-refractivity contribution in [1.29, 1.82) is 0 Å². The first-order valence-corrected chi connectivity index (χ1v) is 10.1. The van der Waals surface area contributed by atoms with E-state index in [0.29, 0.717) is 11.7 Å². The zero-order valence-corrected chi connectivity index (χ0v) is 17.4. The van der Waals surface area contributed by atoms with Crippen molar-refractivity contribution in [2.24, 2.45) is 0 Å². The summed E-state index contributed by atoms with van der Waals surface area (Å²) in [5.41, 5.74) is 4.39. The fourth-order valence-electron chi connectivity index (χ4n) is 3.45. The number of hydrogen-bond donors (Lipinski definition) is 1. The Balaban J connectivity index is 1.51. The predicted molar refractivity (Wildman–Crippen MR) is 122 cm³/mol. The topological polar surface area (TPSA) is 64.1 Å². The standard InChI is InChI=1S/C26H23N3O2/c1-18-17-19(2)28-26(27-18)29-22-13-15-23(16-14-22)31-25(30)24(20-9-5-3-6-10-20)21-11-7-4-8-12-21/h3-17,24H,1-2H3,(H,27,28,29). The molecule has 31 heavy (non-hydrogen) atoms. The van der Waals surface area contributed by atoms with Crippen LogP contribution in [0, 0.1) is 13.8 Å². The third kappa shape index (κ3) is 5.14. The number of esters is 1. The highest BCUT2D eigenvalue weighted by Gasteiger charge is 2.24. The average molecular weight is 409 g/mol. The molecule has 0 aliphatic carbocycles. The summed E-state index contributed by atoms with van der Waals surface area (Å²) in [5, 5.41) is 3.18. The van der Waals surface area contributed by atoms with Crippen LogP contribution in [0.3, 0.4) is 0 Å². The maximum atomic E-state index is 13.1. The lowest BCUT2D eigenvalue weighted by atomic mass is 9.91. The first-order valence-electron chi connectivity index (χ1n) is 10.1. The molecule has 5 nitrogen and oxygen atoms in total. The number of benzene rings is 3.